The molecule has 1 aromatic rings. The zero-order chi connectivity index (χ0) is 15.6. The van der Waals surface area contributed by atoms with Gasteiger partial charge >= 0.3 is 12.1 Å². The molecule has 118 valence electrons. The number of carboxylic acid groups (broad SMARTS) is 1. The number of carbonyl (C=O) groups excluding carboxylic acids is 1. The first-order chi connectivity index (χ1) is 10.6. The smallest absolute Gasteiger partial charge is 0.410 e. The van der Waals surface area contributed by atoms with Crippen molar-refractivity contribution in [2.24, 2.45) is 5.92 Å². The summed E-state index contributed by atoms with van der Waals surface area (Å²) in [6.45, 7) is 0.863. The highest BCUT2D eigenvalue weighted by molar-refractivity contribution is 5.71. The second-order valence-corrected chi connectivity index (χ2v) is 6.23. The Labute approximate surface area is 129 Å². The molecule has 1 heterocycles. The number of aliphatic carboxylic acids is 1. The Hall–Kier alpha value is -2.04. The van der Waals surface area contributed by atoms with Crippen molar-refractivity contribution in [2.45, 2.75) is 44.2 Å². The number of carboxylic acids is 1. The van der Waals surface area contributed by atoms with Gasteiger partial charge in [0.25, 0.3) is 0 Å². The maximum absolute atomic E-state index is 12.4. The fraction of sp³-hybridized carbons (Fsp3) is 0.529. The first kappa shape index (κ1) is 14.9. The number of amides is 1. The molecule has 1 aromatic carbocycles. The fourth-order valence-corrected chi connectivity index (χ4v) is 3.79. The van der Waals surface area contributed by atoms with Gasteiger partial charge in [-0.05, 0) is 37.2 Å². The highest BCUT2D eigenvalue weighted by atomic mass is 16.6. The van der Waals surface area contributed by atoms with Crippen molar-refractivity contribution in [3.8, 4) is 0 Å². The summed E-state index contributed by atoms with van der Waals surface area (Å²) in [5.74, 6) is -0.723. The van der Waals surface area contributed by atoms with Crippen LogP contribution in [0.3, 0.4) is 0 Å². The Morgan fingerprint density at radius 3 is 2.59 bits per heavy atom. The molecule has 1 aliphatic carbocycles. The molecule has 0 aromatic heterocycles. The van der Waals surface area contributed by atoms with E-state index in [1.54, 1.807) is 4.90 Å². The third kappa shape index (κ3) is 2.67. The molecule has 1 N–H and O–H groups in total. The lowest BCUT2D eigenvalue weighted by molar-refractivity contribution is -0.139. The van der Waals surface area contributed by atoms with Crippen molar-refractivity contribution in [1.29, 1.82) is 0 Å². The summed E-state index contributed by atoms with van der Waals surface area (Å²) >= 11 is 0. The van der Waals surface area contributed by atoms with Gasteiger partial charge in [0.15, 0.2) is 0 Å². The summed E-state index contributed by atoms with van der Waals surface area (Å²) < 4.78 is 5.44. The molecule has 22 heavy (non-hydrogen) atoms. The monoisotopic (exact) mass is 303 g/mol. The SMILES string of the molecule is O=C(O)CC1CCN(C(=O)OCc2ccccc2)C12CCC2. The van der Waals surface area contributed by atoms with Gasteiger partial charge in [-0.2, -0.15) is 0 Å². The van der Waals surface area contributed by atoms with Crippen molar-refractivity contribution < 1.29 is 19.4 Å². The van der Waals surface area contributed by atoms with Crippen LogP contribution in [0.2, 0.25) is 0 Å². The molecule has 0 radical (unpaired) electrons. The van der Waals surface area contributed by atoms with Crippen molar-refractivity contribution in [2.75, 3.05) is 6.54 Å². The Balaban J connectivity index is 1.64. The molecule has 5 nitrogen and oxygen atoms in total. The van der Waals surface area contributed by atoms with Crippen LogP contribution in [0.5, 0.6) is 0 Å². The number of nitrogens with zero attached hydrogens (tertiary/aromatic N) is 1. The highest BCUT2D eigenvalue weighted by Gasteiger charge is 2.55. The Morgan fingerprint density at radius 1 is 1.27 bits per heavy atom. The summed E-state index contributed by atoms with van der Waals surface area (Å²) in [4.78, 5) is 25.2. The van der Waals surface area contributed by atoms with E-state index >= 15 is 0 Å². The maximum atomic E-state index is 12.4. The van der Waals surface area contributed by atoms with E-state index in [9.17, 15) is 9.59 Å². The van der Waals surface area contributed by atoms with Crippen molar-refractivity contribution >= 4 is 12.1 Å². The van der Waals surface area contributed by atoms with Crippen LogP contribution in [0.25, 0.3) is 0 Å². The van der Waals surface area contributed by atoms with Gasteiger partial charge in [-0.3, -0.25) is 4.79 Å². The second-order valence-electron chi connectivity index (χ2n) is 6.23. The second kappa shape index (κ2) is 5.99. The standard InChI is InChI=1S/C17H21NO4/c19-15(20)11-14-7-10-18(17(14)8-4-9-17)16(21)22-12-13-5-2-1-3-6-13/h1-3,5-6,14H,4,7-12H2,(H,19,20). The van der Waals surface area contributed by atoms with E-state index in [-0.39, 0.29) is 30.6 Å². The van der Waals surface area contributed by atoms with Crippen molar-refractivity contribution in [1.82, 2.24) is 4.90 Å². The Bertz CT molecular complexity index is 553. The van der Waals surface area contributed by atoms with Gasteiger partial charge in [0.2, 0.25) is 0 Å². The van der Waals surface area contributed by atoms with E-state index in [1.807, 2.05) is 30.3 Å². The normalized spacial score (nSPS) is 22.4. The molecule has 1 aliphatic heterocycles. The van der Waals surface area contributed by atoms with Crippen LogP contribution < -0.4 is 0 Å². The molecule has 2 aliphatic rings. The van der Waals surface area contributed by atoms with Crippen LogP contribution >= 0.6 is 0 Å². The van der Waals surface area contributed by atoms with Gasteiger partial charge in [0, 0.05) is 12.1 Å². The molecular formula is C17H21NO4. The van der Waals surface area contributed by atoms with Crippen LogP contribution in [0.15, 0.2) is 30.3 Å². The van der Waals surface area contributed by atoms with Gasteiger partial charge in [-0.25, -0.2) is 4.79 Å². The number of likely N-dealkylation sites (tertiary alicyclic amines) is 1. The first-order valence-corrected chi connectivity index (χ1v) is 7.82. The third-order valence-corrected chi connectivity index (χ3v) is 5.06. The van der Waals surface area contributed by atoms with Crippen LogP contribution in [0.4, 0.5) is 4.79 Å². The van der Waals surface area contributed by atoms with E-state index in [4.69, 9.17) is 9.84 Å². The van der Waals surface area contributed by atoms with Crippen molar-refractivity contribution in [3.63, 3.8) is 0 Å². The predicted octanol–water partition coefficient (Wildman–Crippen LogP) is 3.04. The maximum Gasteiger partial charge on any atom is 0.410 e. The lowest BCUT2D eigenvalue weighted by Gasteiger charge is -2.48. The summed E-state index contributed by atoms with van der Waals surface area (Å²) in [6, 6.07) is 9.59. The first-order valence-electron chi connectivity index (χ1n) is 7.82. The minimum atomic E-state index is -0.782. The summed E-state index contributed by atoms with van der Waals surface area (Å²) in [7, 11) is 0. The molecule has 2 fully saturated rings. The minimum Gasteiger partial charge on any atom is -0.481 e. The number of benzene rings is 1. The molecule has 1 unspecified atom stereocenters. The van der Waals surface area contributed by atoms with Gasteiger partial charge in [0.05, 0.1) is 6.42 Å². The minimum absolute atomic E-state index is 0.0584. The molecule has 1 spiro atoms. The summed E-state index contributed by atoms with van der Waals surface area (Å²) in [5.41, 5.74) is 0.686. The molecule has 5 heteroatoms. The largest absolute Gasteiger partial charge is 0.481 e. The molecule has 1 amide bonds. The van der Waals surface area contributed by atoms with Gasteiger partial charge in [-0.1, -0.05) is 30.3 Å². The van der Waals surface area contributed by atoms with Crippen molar-refractivity contribution in [3.05, 3.63) is 35.9 Å². The van der Waals surface area contributed by atoms with Gasteiger partial charge < -0.3 is 14.7 Å². The zero-order valence-corrected chi connectivity index (χ0v) is 12.5. The van der Waals surface area contributed by atoms with E-state index in [2.05, 4.69) is 0 Å². The number of hydrogen-bond acceptors (Lipinski definition) is 3. The van der Waals surface area contributed by atoms with Crippen LogP contribution in [-0.4, -0.2) is 34.2 Å². The molecule has 1 saturated carbocycles. The number of carbonyl (C=O) groups is 2. The summed E-state index contributed by atoms with van der Waals surface area (Å²) in [5, 5.41) is 9.07. The number of ether oxygens (including phenoxy) is 1. The van der Waals surface area contributed by atoms with E-state index in [0.29, 0.717) is 6.54 Å². The number of hydrogen-bond donors (Lipinski definition) is 1. The average molecular weight is 303 g/mol. The van der Waals surface area contributed by atoms with Gasteiger partial charge in [0.1, 0.15) is 6.61 Å². The van der Waals surface area contributed by atoms with E-state index < -0.39 is 5.97 Å². The average Bonchev–Trinajstić information content (AvgIpc) is 2.84. The molecule has 3 rings (SSSR count). The van der Waals surface area contributed by atoms with E-state index in [1.165, 1.54) is 0 Å². The van der Waals surface area contributed by atoms with E-state index in [0.717, 1.165) is 31.2 Å². The molecule has 0 bridgehead atoms. The molecular weight excluding hydrogens is 282 g/mol. The predicted molar refractivity (Wildman–Crippen MR) is 80.3 cm³/mol. The molecule has 1 saturated heterocycles. The molecule has 1 atom stereocenters. The Morgan fingerprint density at radius 2 is 2.00 bits per heavy atom. The fourth-order valence-electron chi connectivity index (χ4n) is 3.79. The quantitative estimate of drug-likeness (QED) is 0.928. The van der Waals surface area contributed by atoms with Crippen LogP contribution in [0.1, 0.15) is 37.7 Å². The topological polar surface area (TPSA) is 66.8 Å². The summed E-state index contributed by atoms with van der Waals surface area (Å²) in [6.07, 6.45) is 3.43. The van der Waals surface area contributed by atoms with Crippen LogP contribution in [-0.2, 0) is 16.1 Å². The van der Waals surface area contributed by atoms with Crippen LogP contribution in [0, 0.1) is 5.92 Å². The Kier molecular flexibility index (Phi) is 4.05. The highest BCUT2D eigenvalue weighted by Crippen LogP contribution is 2.50. The third-order valence-electron chi connectivity index (χ3n) is 5.06. The number of rotatable bonds is 4. The zero-order valence-electron chi connectivity index (χ0n) is 12.5. The lowest BCUT2D eigenvalue weighted by atomic mass is 9.67. The van der Waals surface area contributed by atoms with Gasteiger partial charge in [-0.15, -0.1) is 0 Å². The lowest BCUT2D eigenvalue weighted by Crippen LogP contribution is -2.55.